The van der Waals surface area contributed by atoms with E-state index in [2.05, 4.69) is 0 Å². The van der Waals surface area contributed by atoms with E-state index in [-0.39, 0.29) is 43.1 Å². The number of hydrogen-bond donors (Lipinski definition) is 0. The standard InChI is InChI=1S/C28H10Cl2F6O4/c29-17-1-3-23(39-27(37)11-5-19(31)25(35)20(32)6-11)15-10-14-16(9-13(15)17)24(4-2-18(14)30)40-28(38)12-7-21(33)26(36)22(34)8-12/h1-10H. The van der Waals surface area contributed by atoms with Gasteiger partial charge in [0.1, 0.15) is 11.5 Å². The molecule has 5 rings (SSSR count). The van der Waals surface area contributed by atoms with Crippen LogP contribution >= 0.6 is 23.2 Å². The van der Waals surface area contributed by atoms with Gasteiger partial charge in [-0.3, -0.25) is 0 Å². The normalized spacial score (nSPS) is 11.2. The van der Waals surface area contributed by atoms with E-state index in [0.717, 1.165) is 0 Å². The van der Waals surface area contributed by atoms with Crippen LogP contribution in [0.3, 0.4) is 0 Å². The lowest BCUT2D eigenvalue weighted by molar-refractivity contribution is 0.0726. The van der Waals surface area contributed by atoms with E-state index < -0.39 is 58.0 Å². The van der Waals surface area contributed by atoms with Crippen LogP contribution in [-0.4, -0.2) is 11.9 Å². The smallest absolute Gasteiger partial charge is 0.343 e. The lowest BCUT2D eigenvalue weighted by Gasteiger charge is -2.14. The first-order valence-corrected chi connectivity index (χ1v) is 11.8. The van der Waals surface area contributed by atoms with Crippen LogP contribution in [0.5, 0.6) is 11.5 Å². The van der Waals surface area contributed by atoms with Crippen LogP contribution in [-0.2, 0) is 0 Å². The molecule has 0 saturated carbocycles. The zero-order valence-corrected chi connectivity index (χ0v) is 20.9. The van der Waals surface area contributed by atoms with Gasteiger partial charge in [0.15, 0.2) is 34.9 Å². The molecule has 0 fully saturated rings. The van der Waals surface area contributed by atoms with Crippen molar-refractivity contribution in [1.29, 1.82) is 0 Å². The third-order valence-corrected chi connectivity index (χ3v) is 6.47. The molecule has 12 heteroatoms. The minimum atomic E-state index is -1.75. The molecule has 0 amide bonds. The average molecular weight is 595 g/mol. The van der Waals surface area contributed by atoms with Crippen LogP contribution in [0.2, 0.25) is 10.0 Å². The average Bonchev–Trinajstić information content (AvgIpc) is 2.92. The van der Waals surface area contributed by atoms with Crippen LogP contribution in [0.1, 0.15) is 20.7 Å². The highest BCUT2D eigenvalue weighted by Gasteiger charge is 2.21. The molecule has 0 aliphatic heterocycles. The minimum Gasteiger partial charge on any atom is -0.422 e. The zero-order chi connectivity index (χ0) is 28.9. The first-order chi connectivity index (χ1) is 18.9. The van der Waals surface area contributed by atoms with Crippen LogP contribution in [0.15, 0.2) is 60.7 Å². The quantitative estimate of drug-likeness (QED) is 0.0687. The number of esters is 2. The van der Waals surface area contributed by atoms with Crippen molar-refractivity contribution in [2.24, 2.45) is 0 Å². The molecular formula is C28H10Cl2F6O4. The zero-order valence-electron chi connectivity index (χ0n) is 19.4. The van der Waals surface area contributed by atoms with Gasteiger partial charge in [0.25, 0.3) is 0 Å². The van der Waals surface area contributed by atoms with Gasteiger partial charge in [-0.2, -0.15) is 0 Å². The molecule has 0 aliphatic rings. The van der Waals surface area contributed by atoms with Gasteiger partial charge < -0.3 is 9.47 Å². The molecule has 0 spiro atoms. The summed E-state index contributed by atoms with van der Waals surface area (Å²) in [6.07, 6.45) is 0. The molecule has 0 radical (unpaired) electrons. The lowest BCUT2D eigenvalue weighted by Crippen LogP contribution is -2.11. The van der Waals surface area contributed by atoms with E-state index in [0.29, 0.717) is 24.3 Å². The number of halogens is 8. The minimum absolute atomic E-state index is 0.104. The van der Waals surface area contributed by atoms with E-state index in [4.69, 9.17) is 32.7 Å². The Labute approximate surface area is 230 Å². The first-order valence-electron chi connectivity index (χ1n) is 11.0. The lowest BCUT2D eigenvalue weighted by atomic mass is 10.0. The van der Waals surface area contributed by atoms with Gasteiger partial charge in [-0.15, -0.1) is 0 Å². The van der Waals surface area contributed by atoms with Crippen molar-refractivity contribution in [2.75, 3.05) is 0 Å². The van der Waals surface area contributed by atoms with E-state index in [1.807, 2.05) is 0 Å². The van der Waals surface area contributed by atoms with Crippen molar-refractivity contribution in [3.63, 3.8) is 0 Å². The second kappa shape index (κ2) is 10.4. The number of carbonyl (C=O) groups is 2. The number of benzene rings is 5. The van der Waals surface area contributed by atoms with Crippen LogP contribution in [0.25, 0.3) is 21.5 Å². The second-order valence-corrected chi connectivity index (χ2v) is 9.14. The summed E-state index contributed by atoms with van der Waals surface area (Å²) in [4.78, 5) is 25.2. The van der Waals surface area contributed by atoms with E-state index in [1.165, 1.54) is 36.4 Å². The molecular weight excluding hydrogens is 585 g/mol. The Hall–Kier alpha value is -4.28. The Bertz CT molecular complexity index is 1710. The molecule has 0 bridgehead atoms. The van der Waals surface area contributed by atoms with Crippen molar-refractivity contribution < 1.29 is 45.4 Å². The number of fused-ring (bicyclic) bond motifs is 2. The molecule has 40 heavy (non-hydrogen) atoms. The molecule has 202 valence electrons. The summed E-state index contributed by atoms with van der Waals surface area (Å²) >= 11 is 12.7. The van der Waals surface area contributed by atoms with Gasteiger partial charge >= 0.3 is 11.9 Å². The Kier molecular flexibility index (Phi) is 7.07. The highest BCUT2D eigenvalue weighted by atomic mass is 35.5. The topological polar surface area (TPSA) is 52.6 Å². The van der Waals surface area contributed by atoms with Gasteiger partial charge in [0.2, 0.25) is 0 Å². The number of rotatable bonds is 4. The van der Waals surface area contributed by atoms with E-state index in [1.54, 1.807) is 0 Å². The fourth-order valence-electron chi connectivity index (χ4n) is 3.90. The number of ether oxygens (including phenoxy) is 2. The highest BCUT2D eigenvalue weighted by Crippen LogP contribution is 2.40. The molecule has 0 saturated heterocycles. The maximum absolute atomic E-state index is 13.6. The van der Waals surface area contributed by atoms with Crippen molar-refractivity contribution in [2.45, 2.75) is 0 Å². The van der Waals surface area contributed by atoms with Crippen molar-refractivity contribution in [1.82, 2.24) is 0 Å². The second-order valence-electron chi connectivity index (χ2n) is 8.32. The molecule has 0 heterocycles. The summed E-state index contributed by atoms with van der Waals surface area (Å²) in [5.41, 5.74) is -1.19. The SMILES string of the molecule is O=C(Oc1ccc(Cl)c2cc3c(OC(=O)c4cc(F)c(F)c(F)c4)ccc(Cl)c3cc12)c1cc(F)c(F)c(F)c1. The largest absolute Gasteiger partial charge is 0.422 e. The number of carbonyl (C=O) groups excluding carboxylic acids is 2. The predicted octanol–water partition coefficient (Wildman–Crippen LogP) is 8.57. The van der Waals surface area contributed by atoms with Crippen LogP contribution in [0.4, 0.5) is 26.3 Å². The van der Waals surface area contributed by atoms with E-state index in [9.17, 15) is 35.9 Å². The summed E-state index contributed by atoms with van der Waals surface area (Å²) in [5, 5.41) is 1.24. The molecule has 0 atom stereocenters. The summed E-state index contributed by atoms with van der Waals surface area (Å²) in [6, 6.07) is 10.1. The summed E-state index contributed by atoms with van der Waals surface area (Å²) < 4.78 is 91.7. The Morgan fingerprint density at radius 1 is 0.500 bits per heavy atom. The highest BCUT2D eigenvalue weighted by molar-refractivity contribution is 6.38. The van der Waals surface area contributed by atoms with Gasteiger partial charge in [-0.25, -0.2) is 35.9 Å². The maximum atomic E-state index is 13.6. The molecule has 5 aromatic rings. The molecule has 4 nitrogen and oxygen atoms in total. The third kappa shape index (κ3) is 4.91. The van der Waals surface area contributed by atoms with Gasteiger partial charge in [0.05, 0.1) is 11.1 Å². The Morgan fingerprint density at radius 3 is 1.15 bits per heavy atom. The molecule has 0 unspecified atom stereocenters. The molecule has 0 aliphatic carbocycles. The van der Waals surface area contributed by atoms with Crippen molar-refractivity contribution in [3.05, 3.63) is 117 Å². The first kappa shape index (κ1) is 27.3. The Balaban J connectivity index is 1.57. The Morgan fingerprint density at radius 2 is 0.825 bits per heavy atom. The summed E-state index contributed by atoms with van der Waals surface area (Å²) in [5.74, 6) is -12.4. The van der Waals surface area contributed by atoms with Gasteiger partial charge in [0, 0.05) is 31.6 Å². The summed E-state index contributed by atoms with van der Waals surface area (Å²) in [6.45, 7) is 0. The van der Waals surface area contributed by atoms with Crippen LogP contribution in [0, 0.1) is 34.9 Å². The monoisotopic (exact) mass is 594 g/mol. The van der Waals surface area contributed by atoms with Crippen LogP contribution < -0.4 is 9.47 Å². The van der Waals surface area contributed by atoms with Gasteiger partial charge in [-0.05, 0) is 60.7 Å². The molecule has 0 N–H and O–H groups in total. The summed E-state index contributed by atoms with van der Waals surface area (Å²) in [7, 11) is 0. The maximum Gasteiger partial charge on any atom is 0.343 e. The third-order valence-electron chi connectivity index (χ3n) is 5.81. The predicted molar refractivity (Wildman–Crippen MR) is 134 cm³/mol. The fourth-order valence-corrected chi connectivity index (χ4v) is 4.34. The van der Waals surface area contributed by atoms with E-state index >= 15 is 0 Å². The molecule has 5 aromatic carbocycles. The molecule has 0 aromatic heterocycles. The van der Waals surface area contributed by atoms with Crippen molar-refractivity contribution >= 4 is 56.7 Å². The number of hydrogen-bond acceptors (Lipinski definition) is 4. The van der Waals surface area contributed by atoms with Crippen molar-refractivity contribution in [3.8, 4) is 11.5 Å². The van der Waals surface area contributed by atoms with Gasteiger partial charge in [-0.1, -0.05) is 23.2 Å². The fraction of sp³-hybridized carbons (Fsp3) is 0.